The highest BCUT2D eigenvalue weighted by atomic mass is 35.5. The second-order valence-corrected chi connectivity index (χ2v) is 8.93. The van der Waals surface area contributed by atoms with Crippen molar-refractivity contribution in [3.05, 3.63) is 46.8 Å². The van der Waals surface area contributed by atoms with Crippen LogP contribution in [0, 0.1) is 11.3 Å². The molecular formula is C12H7ClN2O5S3. The lowest BCUT2D eigenvalue weighted by Gasteiger charge is -2.02. The fraction of sp³-hybridized carbons (Fsp3) is 0. The van der Waals surface area contributed by atoms with Crippen molar-refractivity contribution < 1.29 is 21.1 Å². The molecule has 0 bridgehead atoms. The first-order valence-corrected chi connectivity index (χ1v) is 9.88. The zero-order valence-corrected chi connectivity index (χ0v) is 14.3. The summed E-state index contributed by atoms with van der Waals surface area (Å²) in [7, 11) is -8.59. The van der Waals surface area contributed by atoms with E-state index in [-0.39, 0.29) is 9.10 Å². The molecule has 1 aromatic carbocycles. The summed E-state index contributed by atoms with van der Waals surface area (Å²) in [4.78, 5) is -0.281. The Labute approximate surface area is 141 Å². The van der Waals surface area contributed by atoms with E-state index in [0.29, 0.717) is 5.02 Å². The Hall–Kier alpha value is -1.93. The van der Waals surface area contributed by atoms with E-state index in [9.17, 15) is 16.8 Å². The fourth-order valence-electron chi connectivity index (χ4n) is 1.37. The summed E-state index contributed by atoms with van der Waals surface area (Å²) in [5.41, 5.74) is 0. The molecule has 23 heavy (non-hydrogen) atoms. The van der Waals surface area contributed by atoms with Gasteiger partial charge in [0, 0.05) is 5.02 Å². The average molecular weight is 391 g/mol. The number of sulfone groups is 1. The number of rotatable bonds is 4. The van der Waals surface area contributed by atoms with Crippen molar-refractivity contribution in [2.45, 2.75) is 9.10 Å². The maximum atomic E-state index is 12.1. The van der Waals surface area contributed by atoms with Gasteiger partial charge < -0.3 is 0 Å². The van der Waals surface area contributed by atoms with Gasteiger partial charge >= 0.3 is 10.1 Å². The number of oxime groups is 1. The SMILES string of the molecule is N#C/C(=N\OS(=O)(=O)c1ccc(Cl)cc1)S(=O)(=O)c1cccs1. The third-order valence-electron chi connectivity index (χ3n) is 2.43. The molecule has 0 fully saturated rings. The van der Waals surface area contributed by atoms with Gasteiger partial charge in [-0.15, -0.1) is 11.3 Å². The van der Waals surface area contributed by atoms with Crippen LogP contribution in [0.25, 0.3) is 0 Å². The van der Waals surface area contributed by atoms with Gasteiger partial charge in [0.1, 0.15) is 15.2 Å². The quantitative estimate of drug-likeness (QED) is 0.450. The topological polar surface area (TPSA) is 114 Å². The van der Waals surface area contributed by atoms with Crippen LogP contribution in [0.5, 0.6) is 0 Å². The molecule has 1 aromatic heterocycles. The van der Waals surface area contributed by atoms with Crippen LogP contribution in [0.3, 0.4) is 0 Å². The third kappa shape index (κ3) is 3.89. The van der Waals surface area contributed by atoms with Crippen LogP contribution >= 0.6 is 22.9 Å². The van der Waals surface area contributed by atoms with Crippen LogP contribution < -0.4 is 0 Å². The number of nitriles is 1. The predicted molar refractivity (Wildman–Crippen MR) is 84.3 cm³/mol. The minimum atomic E-state index is -4.37. The molecule has 0 spiro atoms. The predicted octanol–water partition coefficient (Wildman–Crippen LogP) is 2.42. The van der Waals surface area contributed by atoms with Crippen molar-refractivity contribution in [3.8, 4) is 6.07 Å². The number of hydrogen-bond donors (Lipinski definition) is 0. The lowest BCUT2D eigenvalue weighted by atomic mass is 10.4. The third-order valence-corrected chi connectivity index (χ3v) is 6.75. The molecule has 0 radical (unpaired) electrons. The summed E-state index contributed by atoms with van der Waals surface area (Å²) in [6.45, 7) is 0. The standard InChI is InChI=1S/C12H7ClN2O5S3/c13-9-3-5-10(6-4-9)23(18,19)20-15-11(8-14)22(16,17)12-2-1-7-21-12/h1-7H/b15-11+. The second-order valence-electron chi connectivity index (χ2n) is 3.93. The molecule has 0 unspecified atom stereocenters. The molecule has 0 saturated heterocycles. The Morgan fingerprint density at radius 3 is 2.35 bits per heavy atom. The monoisotopic (exact) mass is 390 g/mol. The van der Waals surface area contributed by atoms with Gasteiger partial charge in [-0.1, -0.05) is 17.7 Å². The molecule has 0 atom stereocenters. The van der Waals surface area contributed by atoms with Gasteiger partial charge in [-0.05, 0) is 40.9 Å². The average Bonchev–Trinajstić information content (AvgIpc) is 3.03. The van der Waals surface area contributed by atoms with Crippen molar-refractivity contribution >= 4 is 47.9 Å². The largest absolute Gasteiger partial charge is 0.358 e. The molecule has 7 nitrogen and oxygen atoms in total. The Bertz CT molecular complexity index is 972. The summed E-state index contributed by atoms with van der Waals surface area (Å²) in [5, 5.41) is 12.7. The van der Waals surface area contributed by atoms with Gasteiger partial charge in [0.05, 0.1) is 0 Å². The lowest BCUT2D eigenvalue weighted by molar-refractivity contribution is 0.340. The summed E-state index contributed by atoms with van der Waals surface area (Å²) >= 11 is 6.51. The lowest BCUT2D eigenvalue weighted by Crippen LogP contribution is -2.14. The van der Waals surface area contributed by atoms with Crippen molar-refractivity contribution in [1.29, 1.82) is 5.26 Å². The van der Waals surface area contributed by atoms with E-state index in [4.69, 9.17) is 16.9 Å². The molecule has 1 heterocycles. The van der Waals surface area contributed by atoms with E-state index in [1.807, 2.05) is 0 Å². The molecule has 2 rings (SSSR count). The second kappa shape index (κ2) is 6.67. The van der Waals surface area contributed by atoms with Gasteiger partial charge in [-0.3, -0.25) is 4.28 Å². The normalized spacial score (nSPS) is 12.6. The molecule has 0 saturated carbocycles. The summed E-state index contributed by atoms with van der Waals surface area (Å²) in [6.07, 6.45) is 0. The summed E-state index contributed by atoms with van der Waals surface area (Å²) < 4.78 is 52.1. The molecule has 11 heteroatoms. The maximum absolute atomic E-state index is 12.1. The van der Waals surface area contributed by atoms with E-state index >= 15 is 0 Å². The highest BCUT2D eigenvalue weighted by Crippen LogP contribution is 2.20. The minimum Gasteiger partial charge on any atom is -0.263 e. The number of hydrogen-bond acceptors (Lipinski definition) is 8. The number of nitrogens with zero attached hydrogens (tertiary/aromatic N) is 2. The van der Waals surface area contributed by atoms with Crippen LogP contribution in [0.2, 0.25) is 5.02 Å². The highest BCUT2D eigenvalue weighted by Gasteiger charge is 2.26. The van der Waals surface area contributed by atoms with Crippen LogP contribution in [-0.2, 0) is 24.2 Å². The van der Waals surface area contributed by atoms with Gasteiger partial charge in [0.15, 0.2) is 0 Å². The van der Waals surface area contributed by atoms with Crippen molar-refractivity contribution in [3.63, 3.8) is 0 Å². The van der Waals surface area contributed by atoms with E-state index in [1.54, 1.807) is 0 Å². The molecule has 2 aromatic rings. The molecule has 0 aliphatic carbocycles. The molecule has 0 aliphatic heterocycles. The van der Waals surface area contributed by atoms with Gasteiger partial charge in [-0.2, -0.15) is 13.7 Å². The Morgan fingerprint density at radius 1 is 1.17 bits per heavy atom. The van der Waals surface area contributed by atoms with Crippen molar-refractivity contribution in [2.24, 2.45) is 5.16 Å². The van der Waals surface area contributed by atoms with Crippen molar-refractivity contribution in [2.75, 3.05) is 0 Å². The number of halogens is 1. The zero-order valence-electron chi connectivity index (χ0n) is 11.1. The van der Waals surface area contributed by atoms with Gasteiger partial charge in [-0.25, -0.2) is 8.42 Å². The van der Waals surface area contributed by atoms with Gasteiger partial charge in [0.25, 0.3) is 5.04 Å². The molecule has 120 valence electrons. The van der Waals surface area contributed by atoms with Gasteiger partial charge in [0.2, 0.25) is 9.84 Å². The highest BCUT2D eigenvalue weighted by molar-refractivity contribution is 8.08. The first-order valence-electron chi connectivity index (χ1n) is 5.73. The van der Waals surface area contributed by atoms with E-state index in [1.165, 1.54) is 35.7 Å². The molecule has 0 N–H and O–H groups in total. The maximum Gasteiger partial charge on any atom is 0.358 e. The minimum absolute atomic E-state index is 0.148. The molecule has 0 aliphatic rings. The van der Waals surface area contributed by atoms with E-state index in [0.717, 1.165) is 23.5 Å². The molecular weight excluding hydrogens is 384 g/mol. The first-order chi connectivity index (χ1) is 10.8. The van der Waals surface area contributed by atoms with E-state index < -0.39 is 25.0 Å². The van der Waals surface area contributed by atoms with Crippen LogP contribution in [0.4, 0.5) is 0 Å². The smallest absolute Gasteiger partial charge is 0.263 e. The Kier molecular flexibility index (Phi) is 5.06. The Balaban J connectivity index is 2.34. The molecule has 0 amide bonds. The first kappa shape index (κ1) is 17.4. The summed E-state index contributed by atoms with van der Waals surface area (Å²) in [5.74, 6) is 0. The zero-order chi connectivity index (χ0) is 17.1. The van der Waals surface area contributed by atoms with Crippen molar-refractivity contribution in [1.82, 2.24) is 0 Å². The number of benzene rings is 1. The van der Waals surface area contributed by atoms with Crippen LogP contribution in [0.15, 0.2) is 56.0 Å². The Morgan fingerprint density at radius 2 is 1.83 bits per heavy atom. The fourth-order valence-corrected chi connectivity index (χ4v) is 4.33. The van der Waals surface area contributed by atoms with Crippen LogP contribution in [-0.4, -0.2) is 21.9 Å². The van der Waals surface area contributed by atoms with Crippen LogP contribution in [0.1, 0.15) is 0 Å². The summed E-state index contributed by atoms with van der Waals surface area (Å²) in [6, 6.07) is 9.01. The van der Waals surface area contributed by atoms with E-state index in [2.05, 4.69) is 9.44 Å². The number of thiophene rings is 1.